The molecule has 6 rings (SSSR count). The van der Waals surface area contributed by atoms with E-state index in [0.29, 0.717) is 6.04 Å². The van der Waals surface area contributed by atoms with E-state index in [-0.39, 0.29) is 0 Å². The monoisotopic (exact) mass is 372 g/mol. The summed E-state index contributed by atoms with van der Waals surface area (Å²) >= 11 is 0. The van der Waals surface area contributed by atoms with Crippen LogP contribution in [0.25, 0.3) is 5.69 Å². The van der Waals surface area contributed by atoms with E-state index < -0.39 is 0 Å². The number of para-hydroxylation sites is 1. The third-order valence-corrected chi connectivity index (χ3v) is 6.19. The maximum atomic E-state index is 4.59. The second-order valence-electron chi connectivity index (χ2n) is 8.34. The van der Waals surface area contributed by atoms with Gasteiger partial charge in [-0.2, -0.15) is 5.10 Å². The summed E-state index contributed by atoms with van der Waals surface area (Å²) in [6, 6.07) is 21.9. The van der Waals surface area contributed by atoms with Gasteiger partial charge in [-0.25, -0.2) is 4.68 Å². The number of piperidine rings is 1. The molecular formula is C24H28N4. The second-order valence-corrected chi connectivity index (χ2v) is 8.34. The van der Waals surface area contributed by atoms with Gasteiger partial charge in [-0.1, -0.05) is 48.5 Å². The van der Waals surface area contributed by atoms with Crippen molar-refractivity contribution in [3.8, 4) is 5.69 Å². The van der Waals surface area contributed by atoms with Gasteiger partial charge in [-0.15, -0.1) is 0 Å². The van der Waals surface area contributed by atoms with Crippen LogP contribution in [-0.2, 0) is 13.1 Å². The highest BCUT2D eigenvalue weighted by molar-refractivity contribution is 5.31. The summed E-state index contributed by atoms with van der Waals surface area (Å²) in [4.78, 5) is 5.37. The molecule has 28 heavy (non-hydrogen) atoms. The van der Waals surface area contributed by atoms with E-state index >= 15 is 0 Å². The van der Waals surface area contributed by atoms with Crippen molar-refractivity contribution in [1.82, 2.24) is 19.6 Å². The van der Waals surface area contributed by atoms with Crippen LogP contribution in [0.5, 0.6) is 0 Å². The zero-order chi connectivity index (χ0) is 18.8. The second kappa shape index (κ2) is 7.90. The number of rotatable bonds is 5. The molecule has 2 aromatic carbocycles. The first-order chi connectivity index (χ1) is 13.8. The lowest BCUT2D eigenvalue weighted by Gasteiger charge is -2.35. The lowest BCUT2D eigenvalue weighted by Crippen LogP contribution is -2.43. The van der Waals surface area contributed by atoms with Crippen LogP contribution in [0.3, 0.4) is 0 Å². The molecule has 3 fully saturated rings. The molecule has 3 saturated heterocycles. The largest absolute Gasteiger partial charge is 0.297 e. The van der Waals surface area contributed by atoms with E-state index in [0.717, 1.165) is 24.7 Å². The van der Waals surface area contributed by atoms with Crippen LogP contribution < -0.4 is 0 Å². The number of hydrogen-bond donors (Lipinski definition) is 0. The summed E-state index contributed by atoms with van der Waals surface area (Å²) in [5.41, 5.74) is 3.87. The van der Waals surface area contributed by atoms with Crippen LogP contribution in [0.2, 0.25) is 0 Å². The van der Waals surface area contributed by atoms with Gasteiger partial charge in [0.2, 0.25) is 0 Å². The average molecular weight is 373 g/mol. The molecule has 0 radical (unpaired) electrons. The van der Waals surface area contributed by atoms with Crippen molar-refractivity contribution in [3.63, 3.8) is 0 Å². The Balaban J connectivity index is 1.26. The van der Waals surface area contributed by atoms with Crippen LogP contribution >= 0.6 is 0 Å². The minimum atomic E-state index is 0.655. The van der Waals surface area contributed by atoms with Gasteiger partial charge in [0, 0.05) is 50.5 Å². The van der Waals surface area contributed by atoms with Crippen LogP contribution in [-0.4, -0.2) is 45.3 Å². The third kappa shape index (κ3) is 3.89. The SMILES string of the molecule is c1ccc(CN2C[C@H]3CC[C@@H](C2)N(Cc2cnn(-c4ccccc4)c2)C3)cc1. The van der Waals surface area contributed by atoms with E-state index in [1.165, 1.54) is 43.6 Å². The molecule has 4 heteroatoms. The normalized spacial score (nSPS) is 23.0. The number of nitrogens with zero attached hydrogens (tertiary/aromatic N) is 4. The standard InChI is InChI=1S/C24H28N4/c1-3-7-20(8-4-1)14-26-15-21-11-12-24(19-26)27(16-21)17-22-13-25-28(18-22)23-9-5-2-6-10-23/h1-10,13,18,21,24H,11-12,14-17,19H2/t21-,24+/m1/s1. The Kier molecular flexibility index (Phi) is 4.98. The minimum Gasteiger partial charge on any atom is -0.297 e. The number of fused-ring (bicyclic) bond motifs is 4. The fourth-order valence-electron chi connectivity index (χ4n) is 4.84. The van der Waals surface area contributed by atoms with Gasteiger partial charge >= 0.3 is 0 Å². The topological polar surface area (TPSA) is 24.3 Å². The maximum Gasteiger partial charge on any atom is 0.0645 e. The first kappa shape index (κ1) is 17.7. The number of aromatic nitrogens is 2. The fourth-order valence-corrected chi connectivity index (χ4v) is 4.84. The predicted octanol–water partition coefficient (Wildman–Crippen LogP) is 3.97. The van der Waals surface area contributed by atoms with E-state index in [4.69, 9.17) is 0 Å². The van der Waals surface area contributed by atoms with Gasteiger partial charge in [0.1, 0.15) is 0 Å². The molecule has 2 atom stereocenters. The molecule has 4 heterocycles. The Labute approximate surface area is 167 Å². The molecule has 3 aromatic rings. The van der Waals surface area contributed by atoms with Crippen LogP contribution in [0.1, 0.15) is 24.0 Å². The van der Waals surface area contributed by atoms with E-state index in [1.807, 2.05) is 16.9 Å². The zero-order valence-electron chi connectivity index (χ0n) is 16.3. The molecule has 4 nitrogen and oxygen atoms in total. The summed E-state index contributed by atoms with van der Waals surface area (Å²) in [6.07, 6.45) is 6.92. The molecule has 0 saturated carbocycles. The van der Waals surface area contributed by atoms with Crippen molar-refractivity contribution in [1.29, 1.82) is 0 Å². The van der Waals surface area contributed by atoms with Crippen molar-refractivity contribution < 1.29 is 0 Å². The highest BCUT2D eigenvalue weighted by Crippen LogP contribution is 2.30. The van der Waals surface area contributed by atoms with Crippen molar-refractivity contribution in [3.05, 3.63) is 84.2 Å². The van der Waals surface area contributed by atoms with Crippen molar-refractivity contribution >= 4 is 0 Å². The smallest absolute Gasteiger partial charge is 0.0645 e. The molecule has 0 N–H and O–H groups in total. The van der Waals surface area contributed by atoms with Gasteiger partial charge in [0.15, 0.2) is 0 Å². The molecule has 2 bridgehead atoms. The van der Waals surface area contributed by atoms with E-state index in [2.05, 4.69) is 75.7 Å². The highest BCUT2D eigenvalue weighted by Gasteiger charge is 2.34. The number of hydrogen-bond acceptors (Lipinski definition) is 3. The van der Waals surface area contributed by atoms with E-state index in [9.17, 15) is 0 Å². The van der Waals surface area contributed by atoms with Crippen molar-refractivity contribution in [2.75, 3.05) is 19.6 Å². The van der Waals surface area contributed by atoms with Crippen LogP contribution in [0.15, 0.2) is 73.1 Å². The Bertz CT molecular complexity index is 889. The Morgan fingerprint density at radius 1 is 0.786 bits per heavy atom. The van der Waals surface area contributed by atoms with Crippen molar-refractivity contribution in [2.24, 2.45) is 5.92 Å². The molecule has 0 spiro atoms. The number of benzene rings is 2. The summed E-state index contributed by atoms with van der Waals surface area (Å²) in [5, 5.41) is 4.59. The summed E-state index contributed by atoms with van der Waals surface area (Å²) in [6.45, 7) is 5.71. The highest BCUT2D eigenvalue weighted by atomic mass is 15.3. The molecular weight excluding hydrogens is 344 g/mol. The molecule has 0 unspecified atom stereocenters. The predicted molar refractivity (Wildman–Crippen MR) is 112 cm³/mol. The van der Waals surface area contributed by atoms with Crippen LogP contribution in [0, 0.1) is 5.92 Å². The minimum absolute atomic E-state index is 0.655. The zero-order valence-corrected chi connectivity index (χ0v) is 16.3. The third-order valence-electron chi connectivity index (χ3n) is 6.19. The first-order valence-electron chi connectivity index (χ1n) is 10.4. The van der Waals surface area contributed by atoms with Crippen LogP contribution in [0.4, 0.5) is 0 Å². The van der Waals surface area contributed by atoms with Crippen molar-refractivity contribution in [2.45, 2.75) is 32.0 Å². The maximum absolute atomic E-state index is 4.59. The van der Waals surface area contributed by atoms with E-state index in [1.54, 1.807) is 0 Å². The fraction of sp³-hybridized carbons (Fsp3) is 0.375. The lowest BCUT2D eigenvalue weighted by molar-refractivity contribution is 0.123. The Morgan fingerprint density at radius 3 is 2.39 bits per heavy atom. The molecule has 3 aliphatic rings. The molecule has 0 amide bonds. The lowest BCUT2D eigenvalue weighted by atomic mass is 9.95. The molecule has 1 aromatic heterocycles. The van der Waals surface area contributed by atoms with Gasteiger partial charge in [0.25, 0.3) is 0 Å². The van der Waals surface area contributed by atoms with Gasteiger partial charge < -0.3 is 0 Å². The van der Waals surface area contributed by atoms with Gasteiger partial charge in [-0.05, 0) is 36.5 Å². The summed E-state index contributed by atoms with van der Waals surface area (Å²) in [5.74, 6) is 0.784. The Morgan fingerprint density at radius 2 is 1.57 bits per heavy atom. The molecule has 0 aliphatic carbocycles. The summed E-state index contributed by atoms with van der Waals surface area (Å²) in [7, 11) is 0. The quantitative estimate of drug-likeness (QED) is 0.677. The summed E-state index contributed by atoms with van der Waals surface area (Å²) < 4.78 is 1.99. The van der Waals surface area contributed by atoms with Gasteiger partial charge in [0.05, 0.1) is 11.9 Å². The Hall–Kier alpha value is -2.43. The average Bonchev–Trinajstić information content (AvgIpc) is 3.03. The van der Waals surface area contributed by atoms with Gasteiger partial charge in [-0.3, -0.25) is 9.80 Å². The first-order valence-corrected chi connectivity index (χ1v) is 10.4. The molecule has 3 aliphatic heterocycles. The molecule has 144 valence electrons.